The second kappa shape index (κ2) is 7.21. The third-order valence-corrected chi connectivity index (χ3v) is 3.72. The molecule has 2 atom stereocenters. The van der Waals surface area contributed by atoms with Gasteiger partial charge in [-0.15, -0.1) is 0 Å². The van der Waals surface area contributed by atoms with Crippen molar-refractivity contribution in [3.8, 4) is 0 Å². The SMILES string of the molecule is CC(C)OP(=O)(OC(C)C)O[C@H](C)[C@H](N)C(=O)O. The van der Waals surface area contributed by atoms with Crippen molar-refractivity contribution in [1.82, 2.24) is 0 Å². The van der Waals surface area contributed by atoms with Crippen LogP contribution < -0.4 is 5.73 Å². The molecule has 7 nitrogen and oxygen atoms in total. The second-order valence-corrected chi connectivity index (χ2v) is 5.96. The first kappa shape index (κ1) is 17.5. The van der Waals surface area contributed by atoms with Gasteiger partial charge in [-0.2, -0.15) is 0 Å². The van der Waals surface area contributed by atoms with Gasteiger partial charge in [-0.25, -0.2) is 4.57 Å². The summed E-state index contributed by atoms with van der Waals surface area (Å²) in [6.07, 6.45) is -1.77. The monoisotopic (exact) mass is 283 g/mol. The summed E-state index contributed by atoms with van der Waals surface area (Å²) in [5.74, 6) is -1.25. The molecule has 3 N–H and O–H groups in total. The minimum atomic E-state index is -3.82. The van der Waals surface area contributed by atoms with Gasteiger partial charge in [0.05, 0.1) is 18.3 Å². The zero-order valence-electron chi connectivity index (χ0n) is 11.3. The molecule has 108 valence electrons. The highest BCUT2D eigenvalue weighted by atomic mass is 31.2. The lowest BCUT2D eigenvalue weighted by atomic mass is 10.2. The van der Waals surface area contributed by atoms with Gasteiger partial charge in [-0.05, 0) is 34.6 Å². The van der Waals surface area contributed by atoms with Crippen LogP contribution in [0.25, 0.3) is 0 Å². The number of carbonyl (C=O) groups is 1. The van der Waals surface area contributed by atoms with Crippen LogP contribution in [-0.2, 0) is 22.9 Å². The van der Waals surface area contributed by atoms with E-state index in [9.17, 15) is 9.36 Å². The highest BCUT2D eigenvalue weighted by molar-refractivity contribution is 7.48. The molecule has 0 bridgehead atoms. The average Bonchev–Trinajstić information content (AvgIpc) is 2.12. The van der Waals surface area contributed by atoms with E-state index >= 15 is 0 Å². The van der Waals surface area contributed by atoms with Crippen molar-refractivity contribution >= 4 is 13.8 Å². The maximum Gasteiger partial charge on any atom is 0.475 e. The molecule has 0 aromatic rings. The third-order valence-electron chi connectivity index (χ3n) is 1.77. The molecule has 0 aromatic carbocycles. The maximum atomic E-state index is 12.3. The van der Waals surface area contributed by atoms with Crippen LogP contribution in [0.5, 0.6) is 0 Å². The van der Waals surface area contributed by atoms with E-state index in [0.29, 0.717) is 0 Å². The molecule has 0 unspecified atom stereocenters. The smallest absolute Gasteiger partial charge is 0.475 e. The van der Waals surface area contributed by atoms with E-state index < -0.39 is 25.9 Å². The van der Waals surface area contributed by atoms with Crippen LogP contribution in [0.3, 0.4) is 0 Å². The zero-order valence-corrected chi connectivity index (χ0v) is 12.2. The van der Waals surface area contributed by atoms with Gasteiger partial charge in [-0.1, -0.05) is 0 Å². The van der Waals surface area contributed by atoms with Crippen molar-refractivity contribution in [2.45, 2.75) is 59.0 Å². The fraction of sp³-hybridized carbons (Fsp3) is 0.900. The number of phosphoric acid groups is 1. The lowest BCUT2D eigenvalue weighted by Crippen LogP contribution is -2.41. The fourth-order valence-corrected chi connectivity index (χ4v) is 2.78. The molecule has 0 aliphatic carbocycles. The molecule has 0 aliphatic heterocycles. The van der Waals surface area contributed by atoms with E-state index in [4.69, 9.17) is 24.4 Å². The summed E-state index contributed by atoms with van der Waals surface area (Å²) in [5, 5.41) is 8.74. The molecule has 0 amide bonds. The molecular weight excluding hydrogens is 261 g/mol. The predicted molar refractivity (Wildman–Crippen MR) is 66.2 cm³/mol. The van der Waals surface area contributed by atoms with Crippen LogP contribution in [0, 0.1) is 0 Å². The van der Waals surface area contributed by atoms with Gasteiger partial charge in [0.2, 0.25) is 0 Å². The van der Waals surface area contributed by atoms with Crippen LogP contribution in [0.4, 0.5) is 0 Å². The first-order chi connectivity index (χ1) is 8.07. The summed E-state index contributed by atoms with van der Waals surface area (Å²) in [6, 6.07) is -1.30. The van der Waals surface area contributed by atoms with Crippen molar-refractivity contribution in [2.24, 2.45) is 5.73 Å². The van der Waals surface area contributed by atoms with Crippen molar-refractivity contribution < 1.29 is 28.0 Å². The largest absolute Gasteiger partial charge is 0.480 e. The number of hydrogen-bond donors (Lipinski definition) is 2. The number of carboxylic acids is 1. The number of hydrogen-bond acceptors (Lipinski definition) is 6. The molecule has 8 heteroatoms. The Morgan fingerprint density at radius 2 is 1.44 bits per heavy atom. The maximum absolute atomic E-state index is 12.3. The normalized spacial score (nSPS) is 16.0. The van der Waals surface area contributed by atoms with Gasteiger partial charge in [0.25, 0.3) is 0 Å². The number of phosphoric ester groups is 1. The Balaban J connectivity index is 4.78. The van der Waals surface area contributed by atoms with Gasteiger partial charge in [-0.3, -0.25) is 18.4 Å². The zero-order chi connectivity index (χ0) is 14.5. The Hall–Kier alpha value is -0.460. The van der Waals surface area contributed by atoms with Crippen LogP contribution in [0.15, 0.2) is 0 Å². The minimum Gasteiger partial charge on any atom is -0.480 e. The number of aliphatic carboxylic acids is 1. The molecule has 0 radical (unpaired) electrons. The predicted octanol–water partition coefficient (Wildman–Crippen LogP) is 1.76. The molecule has 0 aromatic heterocycles. The summed E-state index contributed by atoms with van der Waals surface area (Å²) >= 11 is 0. The summed E-state index contributed by atoms with van der Waals surface area (Å²) in [7, 11) is -3.82. The van der Waals surface area contributed by atoms with E-state index in [0.717, 1.165) is 0 Å². The van der Waals surface area contributed by atoms with Crippen LogP contribution in [-0.4, -0.2) is 35.4 Å². The Morgan fingerprint density at radius 1 is 1.06 bits per heavy atom. The van der Waals surface area contributed by atoms with Gasteiger partial charge in [0, 0.05) is 0 Å². The molecule has 0 saturated heterocycles. The fourth-order valence-electron chi connectivity index (χ4n) is 1.06. The van der Waals surface area contributed by atoms with Gasteiger partial charge in [0.1, 0.15) is 6.04 Å². The van der Waals surface area contributed by atoms with E-state index in [1.54, 1.807) is 27.7 Å². The Labute approximate surface area is 107 Å². The molecule has 0 heterocycles. The molecule has 0 saturated carbocycles. The van der Waals surface area contributed by atoms with Gasteiger partial charge in [0.15, 0.2) is 0 Å². The van der Waals surface area contributed by atoms with Crippen LogP contribution in [0.1, 0.15) is 34.6 Å². The lowest BCUT2D eigenvalue weighted by Gasteiger charge is -2.26. The van der Waals surface area contributed by atoms with E-state index in [1.807, 2.05) is 0 Å². The van der Waals surface area contributed by atoms with E-state index in [2.05, 4.69) is 0 Å². The lowest BCUT2D eigenvalue weighted by molar-refractivity contribution is -0.140. The van der Waals surface area contributed by atoms with Crippen molar-refractivity contribution in [1.29, 1.82) is 0 Å². The first-order valence-corrected chi connectivity index (χ1v) is 7.17. The van der Waals surface area contributed by atoms with Crippen molar-refractivity contribution in [3.63, 3.8) is 0 Å². The van der Waals surface area contributed by atoms with E-state index in [-0.39, 0.29) is 12.2 Å². The van der Waals surface area contributed by atoms with Crippen molar-refractivity contribution in [3.05, 3.63) is 0 Å². The summed E-state index contributed by atoms with van der Waals surface area (Å²) < 4.78 is 27.6. The summed E-state index contributed by atoms with van der Waals surface area (Å²) in [4.78, 5) is 10.7. The molecule has 0 rings (SSSR count). The second-order valence-electron chi connectivity index (χ2n) is 4.43. The summed E-state index contributed by atoms with van der Waals surface area (Å²) in [5.41, 5.74) is 5.37. The molecule has 0 aliphatic rings. The first-order valence-electron chi connectivity index (χ1n) is 5.71. The highest BCUT2D eigenvalue weighted by Gasteiger charge is 2.35. The number of rotatable bonds is 8. The number of nitrogens with two attached hydrogens (primary N) is 1. The van der Waals surface area contributed by atoms with Crippen LogP contribution in [0.2, 0.25) is 0 Å². The van der Waals surface area contributed by atoms with E-state index in [1.165, 1.54) is 6.92 Å². The molecule has 0 fully saturated rings. The Morgan fingerprint density at radius 3 is 1.72 bits per heavy atom. The quantitative estimate of drug-likeness (QED) is 0.653. The Bertz CT molecular complexity index is 305. The molecule has 18 heavy (non-hydrogen) atoms. The molecule has 0 spiro atoms. The van der Waals surface area contributed by atoms with Gasteiger partial charge >= 0.3 is 13.8 Å². The topological polar surface area (TPSA) is 108 Å². The molecular formula is C10H22NO6P. The summed E-state index contributed by atoms with van der Waals surface area (Å²) in [6.45, 7) is 8.07. The highest BCUT2D eigenvalue weighted by Crippen LogP contribution is 2.52. The number of carboxylic acid groups (broad SMARTS) is 1. The van der Waals surface area contributed by atoms with Crippen LogP contribution >= 0.6 is 7.82 Å². The average molecular weight is 283 g/mol. The Kier molecular flexibility index (Phi) is 7.02. The van der Waals surface area contributed by atoms with Gasteiger partial charge < -0.3 is 10.8 Å². The third kappa shape index (κ3) is 6.47. The van der Waals surface area contributed by atoms with Crippen molar-refractivity contribution in [2.75, 3.05) is 0 Å². The minimum absolute atomic E-state index is 0.386. The standard InChI is InChI=1S/C10H22NO6P/c1-6(2)15-18(14,16-7(3)4)17-8(5)9(11)10(12)13/h6-9H,11H2,1-5H3,(H,12,13)/t8-,9+/m1/s1.